The van der Waals surface area contributed by atoms with Gasteiger partial charge in [-0.25, -0.2) is 0 Å². The van der Waals surface area contributed by atoms with E-state index in [2.05, 4.69) is 27.7 Å². The topological polar surface area (TPSA) is 61.4 Å². The highest BCUT2D eigenvalue weighted by Crippen LogP contribution is 2.24. The number of carbonyl (C=O) groups is 2. The zero-order chi connectivity index (χ0) is 16.8. The lowest BCUT2D eigenvalue weighted by atomic mass is 10.1. The summed E-state index contributed by atoms with van der Waals surface area (Å²) >= 11 is 0. The van der Waals surface area contributed by atoms with Crippen LogP contribution >= 0.6 is 0 Å². The summed E-state index contributed by atoms with van der Waals surface area (Å²) in [6, 6.07) is 7.97. The van der Waals surface area contributed by atoms with Crippen LogP contribution < -0.4 is 15.5 Å². The Bertz CT molecular complexity index is 558. The van der Waals surface area contributed by atoms with E-state index in [4.69, 9.17) is 0 Å². The molecule has 0 radical (unpaired) electrons. The minimum Gasteiger partial charge on any atom is -0.372 e. The molecular weight excluding hydrogens is 302 g/mol. The highest BCUT2D eigenvalue weighted by molar-refractivity contribution is 5.94. The van der Waals surface area contributed by atoms with Gasteiger partial charge in [0.2, 0.25) is 11.8 Å². The van der Waals surface area contributed by atoms with Gasteiger partial charge in [-0.05, 0) is 56.4 Å². The van der Waals surface area contributed by atoms with E-state index in [9.17, 15) is 9.59 Å². The summed E-state index contributed by atoms with van der Waals surface area (Å²) in [4.78, 5) is 26.3. The van der Waals surface area contributed by atoms with Crippen LogP contribution in [0.25, 0.3) is 0 Å². The van der Waals surface area contributed by atoms with Gasteiger partial charge in [0, 0.05) is 30.4 Å². The molecule has 1 aromatic carbocycles. The van der Waals surface area contributed by atoms with Gasteiger partial charge in [-0.15, -0.1) is 0 Å². The van der Waals surface area contributed by atoms with Crippen molar-refractivity contribution in [2.24, 2.45) is 5.92 Å². The molecular formula is C19H27N3O2. The molecule has 2 aliphatic rings. The van der Waals surface area contributed by atoms with Crippen molar-refractivity contribution >= 4 is 23.2 Å². The number of hydrogen-bond donors (Lipinski definition) is 2. The summed E-state index contributed by atoms with van der Waals surface area (Å²) in [5, 5.41) is 5.59. The zero-order valence-corrected chi connectivity index (χ0v) is 14.2. The monoisotopic (exact) mass is 329 g/mol. The first kappa shape index (κ1) is 16.8. The van der Waals surface area contributed by atoms with E-state index in [1.165, 1.54) is 24.9 Å². The van der Waals surface area contributed by atoms with E-state index in [-0.39, 0.29) is 24.3 Å². The van der Waals surface area contributed by atoms with E-state index < -0.39 is 0 Å². The second-order valence-electron chi connectivity index (χ2n) is 6.84. The average Bonchev–Trinajstić information content (AvgIpc) is 3.16. The number of nitrogens with zero attached hydrogens (tertiary/aromatic N) is 1. The Kier molecular flexibility index (Phi) is 5.72. The first-order valence-electron chi connectivity index (χ1n) is 9.15. The Morgan fingerprint density at radius 2 is 1.62 bits per heavy atom. The quantitative estimate of drug-likeness (QED) is 0.873. The van der Waals surface area contributed by atoms with Gasteiger partial charge in [-0.2, -0.15) is 0 Å². The molecule has 0 unspecified atom stereocenters. The van der Waals surface area contributed by atoms with Crippen LogP contribution in [0.3, 0.4) is 0 Å². The fraction of sp³-hybridized carbons (Fsp3) is 0.579. The molecule has 24 heavy (non-hydrogen) atoms. The van der Waals surface area contributed by atoms with E-state index in [0.717, 1.165) is 44.5 Å². The minimum atomic E-state index is -0.174. The van der Waals surface area contributed by atoms with Gasteiger partial charge in [-0.3, -0.25) is 9.59 Å². The lowest BCUT2D eigenvalue weighted by Crippen LogP contribution is -2.36. The van der Waals surface area contributed by atoms with Crippen LogP contribution in [0.2, 0.25) is 0 Å². The van der Waals surface area contributed by atoms with Crippen molar-refractivity contribution in [3.8, 4) is 0 Å². The maximum absolute atomic E-state index is 12.0. The molecule has 0 bridgehead atoms. The Hall–Kier alpha value is -2.04. The highest BCUT2D eigenvalue weighted by atomic mass is 16.2. The van der Waals surface area contributed by atoms with Crippen molar-refractivity contribution in [3.63, 3.8) is 0 Å². The second-order valence-corrected chi connectivity index (χ2v) is 6.84. The summed E-state index contributed by atoms with van der Waals surface area (Å²) in [6.07, 6.45) is 7.95. The van der Waals surface area contributed by atoms with Crippen molar-refractivity contribution in [2.75, 3.05) is 29.9 Å². The molecule has 2 N–H and O–H groups in total. The summed E-state index contributed by atoms with van der Waals surface area (Å²) in [5.74, 6) is -0.0585. The second kappa shape index (κ2) is 8.18. The molecule has 130 valence electrons. The van der Waals surface area contributed by atoms with Crippen molar-refractivity contribution in [3.05, 3.63) is 24.3 Å². The molecule has 1 heterocycles. The number of anilines is 2. The fourth-order valence-corrected chi connectivity index (χ4v) is 3.61. The third-order valence-corrected chi connectivity index (χ3v) is 5.02. The molecule has 5 heteroatoms. The Morgan fingerprint density at radius 3 is 2.29 bits per heavy atom. The first-order chi connectivity index (χ1) is 11.7. The van der Waals surface area contributed by atoms with Crippen LogP contribution in [0.4, 0.5) is 11.4 Å². The molecule has 1 aliphatic heterocycles. The van der Waals surface area contributed by atoms with Gasteiger partial charge < -0.3 is 15.5 Å². The first-order valence-corrected chi connectivity index (χ1v) is 9.15. The normalized spacial score (nSPS) is 18.4. The third-order valence-electron chi connectivity index (χ3n) is 5.02. The van der Waals surface area contributed by atoms with Gasteiger partial charge >= 0.3 is 0 Å². The van der Waals surface area contributed by atoms with Crippen molar-refractivity contribution in [2.45, 2.75) is 44.9 Å². The maximum Gasteiger partial charge on any atom is 0.243 e. The molecule has 2 amide bonds. The van der Waals surface area contributed by atoms with E-state index in [1.54, 1.807) is 0 Å². The van der Waals surface area contributed by atoms with Crippen LogP contribution in [0.5, 0.6) is 0 Å². The van der Waals surface area contributed by atoms with E-state index in [0.29, 0.717) is 0 Å². The van der Waals surface area contributed by atoms with Gasteiger partial charge in [0.05, 0.1) is 6.54 Å². The van der Waals surface area contributed by atoms with Crippen molar-refractivity contribution < 1.29 is 9.59 Å². The Morgan fingerprint density at radius 1 is 0.958 bits per heavy atom. The molecule has 0 aromatic heterocycles. The predicted octanol–water partition coefficient (Wildman–Crippen LogP) is 2.92. The summed E-state index contributed by atoms with van der Waals surface area (Å²) in [7, 11) is 0. The number of rotatable bonds is 5. The molecule has 1 saturated carbocycles. The van der Waals surface area contributed by atoms with Crippen LogP contribution in [-0.2, 0) is 9.59 Å². The fourth-order valence-electron chi connectivity index (χ4n) is 3.61. The molecule has 2 fully saturated rings. The molecule has 1 saturated heterocycles. The van der Waals surface area contributed by atoms with Gasteiger partial charge in [0.15, 0.2) is 0 Å². The molecule has 1 aromatic rings. The van der Waals surface area contributed by atoms with Crippen LogP contribution in [0.1, 0.15) is 44.9 Å². The Balaban J connectivity index is 1.44. The summed E-state index contributed by atoms with van der Waals surface area (Å²) in [6.45, 7) is 2.26. The van der Waals surface area contributed by atoms with Crippen LogP contribution in [0, 0.1) is 5.92 Å². The standard InChI is InChI=1S/C19H27N3O2/c23-18(14-20-19(24)15-6-2-3-7-15)21-16-8-10-17(11-9-16)22-12-4-1-5-13-22/h8-11,15H,1-7,12-14H2,(H,20,24)(H,21,23). The van der Waals surface area contributed by atoms with Crippen LogP contribution in [0.15, 0.2) is 24.3 Å². The number of piperidine rings is 1. The van der Waals surface area contributed by atoms with Crippen molar-refractivity contribution in [1.29, 1.82) is 0 Å². The molecule has 5 nitrogen and oxygen atoms in total. The number of benzene rings is 1. The predicted molar refractivity (Wildman–Crippen MR) is 96.1 cm³/mol. The Labute approximate surface area is 143 Å². The largest absolute Gasteiger partial charge is 0.372 e. The third kappa shape index (κ3) is 4.49. The molecule has 0 spiro atoms. The molecule has 1 aliphatic carbocycles. The van der Waals surface area contributed by atoms with Crippen LogP contribution in [-0.4, -0.2) is 31.4 Å². The number of nitrogens with one attached hydrogen (secondary N) is 2. The van der Waals surface area contributed by atoms with E-state index in [1.807, 2.05) is 12.1 Å². The summed E-state index contributed by atoms with van der Waals surface area (Å²) in [5.41, 5.74) is 1.98. The smallest absolute Gasteiger partial charge is 0.243 e. The van der Waals surface area contributed by atoms with Gasteiger partial charge in [0.1, 0.15) is 0 Å². The molecule has 0 atom stereocenters. The number of amides is 2. The average molecular weight is 329 g/mol. The number of hydrogen-bond acceptors (Lipinski definition) is 3. The van der Waals surface area contributed by atoms with Crippen molar-refractivity contribution in [1.82, 2.24) is 5.32 Å². The van der Waals surface area contributed by atoms with Gasteiger partial charge in [-0.1, -0.05) is 12.8 Å². The summed E-state index contributed by atoms with van der Waals surface area (Å²) < 4.78 is 0. The van der Waals surface area contributed by atoms with E-state index >= 15 is 0 Å². The highest BCUT2D eigenvalue weighted by Gasteiger charge is 2.22. The maximum atomic E-state index is 12.0. The minimum absolute atomic E-state index is 0.0168. The zero-order valence-electron chi connectivity index (χ0n) is 14.2. The molecule has 3 rings (SSSR count). The SMILES string of the molecule is O=C(CNC(=O)C1CCCC1)Nc1ccc(N2CCCCC2)cc1. The number of carbonyl (C=O) groups excluding carboxylic acids is 2. The lowest BCUT2D eigenvalue weighted by Gasteiger charge is -2.28. The lowest BCUT2D eigenvalue weighted by molar-refractivity contribution is -0.127. The van der Waals surface area contributed by atoms with Gasteiger partial charge in [0.25, 0.3) is 0 Å².